The summed E-state index contributed by atoms with van der Waals surface area (Å²) in [6.07, 6.45) is 8.32. The summed E-state index contributed by atoms with van der Waals surface area (Å²) >= 11 is 1.85. The molecule has 0 radical (unpaired) electrons. The van der Waals surface area contributed by atoms with E-state index in [0.717, 1.165) is 25.7 Å². The summed E-state index contributed by atoms with van der Waals surface area (Å²) in [5.41, 5.74) is 0. The summed E-state index contributed by atoms with van der Waals surface area (Å²) in [5.74, 6) is 1.80. The van der Waals surface area contributed by atoms with Crippen molar-refractivity contribution < 1.29 is 22.7 Å². The maximum Gasteiger partial charge on any atom is 0.245 e. The van der Waals surface area contributed by atoms with Crippen molar-refractivity contribution in [3.05, 3.63) is 46.7 Å². The van der Waals surface area contributed by atoms with Gasteiger partial charge in [-0.2, -0.15) is 4.31 Å². The van der Waals surface area contributed by atoms with Crippen molar-refractivity contribution in [2.24, 2.45) is 11.8 Å². The molecule has 2 unspecified atom stereocenters. The average Bonchev–Trinajstić information content (AvgIpc) is 3.48. The van der Waals surface area contributed by atoms with Crippen molar-refractivity contribution in [1.29, 1.82) is 0 Å². The molecule has 2 atom stereocenters. The van der Waals surface area contributed by atoms with Gasteiger partial charge in [-0.1, -0.05) is 25.3 Å². The Balaban J connectivity index is 1.16. The van der Waals surface area contributed by atoms with Gasteiger partial charge in [0, 0.05) is 30.1 Å². The Morgan fingerprint density at radius 3 is 2.50 bits per heavy atom. The second-order valence-corrected chi connectivity index (χ2v) is 14.2. The number of benzene rings is 1. The minimum Gasteiger partial charge on any atom is -0.497 e. The molecule has 2 fully saturated rings. The maximum absolute atomic E-state index is 13.3. The number of hydrogen-bond donors (Lipinski definition) is 1. The van der Waals surface area contributed by atoms with E-state index in [4.69, 9.17) is 9.47 Å². The Kier molecular flexibility index (Phi) is 11.4. The molecule has 4 rings (SSSR count). The van der Waals surface area contributed by atoms with Gasteiger partial charge in [-0.25, -0.2) is 8.42 Å². The van der Waals surface area contributed by atoms with Gasteiger partial charge >= 0.3 is 0 Å². The molecule has 1 aromatic heterocycles. The fourth-order valence-corrected chi connectivity index (χ4v) is 8.95. The Labute approximate surface area is 244 Å². The topological polar surface area (TPSA) is 88.2 Å². The number of nitrogens with one attached hydrogen (secondary N) is 1. The predicted molar refractivity (Wildman–Crippen MR) is 159 cm³/mol. The molecular formula is C30H45N3O5S2. The summed E-state index contributed by atoms with van der Waals surface area (Å²) in [4.78, 5) is 16.5. The maximum atomic E-state index is 13.3. The second kappa shape index (κ2) is 14.8. The standard InChI is InChI=1S/C30H45N3O5S2/c1-32(2)30(28-8-6-20-39-28)24-11-9-23(10-12-24)17-18-31-29(34)22-38-21-25-7-4-5-19-33(25)40(35,36)27-15-13-26(37-3)14-16-27/h6,8,13-16,20,23-25,30H,4-5,7,9-12,17-19,21-22H2,1-3H3,(H,31,34). The van der Waals surface area contributed by atoms with Crippen molar-refractivity contribution >= 4 is 27.3 Å². The zero-order valence-corrected chi connectivity index (χ0v) is 25.7. The Hall–Kier alpha value is -1.98. The molecule has 222 valence electrons. The van der Waals surface area contributed by atoms with Gasteiger partial charge in [0.15, 0.2) is 0 Å². The van der Waals surface area contributed by atoms with E-state index in [2.05, 4.69) is 41.8 Å². The molecule has 40 heavy (non-hydrogen) atoms. The molecule has 2 heterocycles. The number of methoxy groups -OCH3 is 1. The van der Waals surface area contributed by atoms with Crippen molar-refractivity contribution in [1.82, 2.24) is 14.5 Å². The van der Waals surface area contributed by atoms with Gasteiger partial charge in [0.25, 0.3) is 0 Å². The van der Waals surface area contributed by atoms with Crippen LogP contribution >= 0.6 is 11.3 Å². The first-order valence-corrected chi connectivity index (χ1v) is 16.8. The number of carbonyl (C=O) groups is 1. The summed E-state index contributed by atoms with van der Waals surface area (Å²) < 4.78 is 39.0. The third kappa shape index (κ3) is 8.06. The second-order valence-electron chi connectivity index (χ2n) is 11.3. The minimum absolute atomic E-state index is 0.0506. The Bertz CT molecular complexity index is 1150. The van der Waals surface area contributed by atoms with Gasteiger partial charge in [-0.15, -0.1) is 11.3 Å². The first-order chi connectivity index (χ1) is 19.3. The van der Waals surface area contributed by atoms with E-state index in [9.17, 15) is 13.2 Å². The van der Waals surface area contributed by atoms with Crippen LogP contribution in [0.15, 0.2) is 46.7 Å². The van der Waals surface area contributed by atoms with Crippen LogP contribution in [0, 0.1) is 11.8 Å². The predicted octanol–water partition coefficient (Wildman–Crippen LogP) is 4.93. The number of sulfonamides is 1. The molecule has 0 spiro atoms. The number of nitrogens with zero attached hydrogens (tertiary/aromatic N) is 2. The lowest BCUT2D eigenvalue weighted by Crippen LogP contribution is -2.46. The number of ether oxygens (including phenoxy) is 2. The quantitative estimate of drug-likeness (QED) is 0.355. The van der Waals surface area contributed by atoms with Gasteiger partial charge in [0.05, 0.1) is 18.6 Å². The third-order valence-corrected chi connectivity index (χ3v) is 11.3. The van der Waals surface area contributed by atoms with E-state index in [1.54, 1.807) is 31.4 Å². The monoisotopic (exact) mass is 591 g/mol. The number of rotatable bonds is 13. The van der Waals surface area contributed by atoms with Crippen LogP contribution in [0.2, 0.25) is 0 Å². The lowest BCUT2D eigenvalue weighted by Gasteiger charge is -2.37. The van der Waals surface area contributed by atoms with E-state index in [0.29, 0.717) is 36.7 Å². The zero-order valence-electron chi connectivity index (χ0n) is 24.1. The molecule has 1 aliphatic carbocycles. The molecule has 2 aliphatic rings. The molecule has 1 N–H and O–H groups in total. The normalized spacial score (nSPS) is 23.1. The van der Waals surface area contributed by atoms with Crippen molar-refractivity contribution in [2.45, 2.75) is 68.3 Å². The summed E-state index contributed by atoms with van der Waals surface area (Å²) in [5, 5.41) is 5.17. The lowest BCUT2D eigenvalue weighted by atomic mass is 9.76. The molecule has 0 bridgehead atoms. The fraction of sp³-hybridized carbons (Fsp3) is 0.633. The van der Waals surface area contributed by atoms with E-state index in [-0.39, 0.29) is 30.1 Å². The molecular weight excluding hydrogens is 546 g/mol. The lowest BCUT2D eigenvalue weighted by molar-refractivity contribution is -0.126. The zero-order chi connectivity index (χ0) is 28.5. The molecule has 1 aromatic carbocycles. The molecule has 8 nitrogen and oxygen atoms in total. The number of piperidine rings is 1. The van der Waals surface area contributed by atoms with E-state index >= 15 is 0 Å². The smallest absolute Gasteiger partial charge is 0.245 e. The average molecular weight is 592 g/mol. The number of thiophene rings is 1. The molecule has 1 saturated carbocycles. The summed E-state index contributed by atoms with van der Waals surface area (Å²) in [6, 6.07) is 11.1. The largest absolute Gasteiger partial charge is 0.497 e. The highest BCUT2D eigenvalue weighted by molar-refractivity contribution is 7.89. The fourth-order valence-electron chi connectivity index (χ4n) is 6.26. The van der Waals surface area contributed by atoms with Gasteiger partial charge in [0.2, 0.25) is 15.9 Å². The Morgan fingerprint density at radius 2 is 1.85 bits per heavy atom. The first-order valence-electron chi connectivity index (χ1n) is 14.5. The minimum atomic E-state index is -3.65. The van der Waals surface area contributed by atoms with Gasteiger partial charge in [-0.05, 0) is 93.7 Å². The number of carbonyl (C=O) groups excluding carboxylic acids is 1. The SMILES string of the molecule is COc1ccc(S(=O)(=O)N2CCCCC2COCC(=O)NCCC2CCC(C(c3cccs3)N(C)C)CC2)cc1. The van der Waals surface area contributed by atoms with E-state index < -0.39 is 10.0 Å². The molecule has 1 aliphatic heterocycles. The van der Waals surface area contributed by atoms with E-state index in [1.165, 1.54) is 34.9 Å². The third-order valence-electron chi connectivity index (χ3n) is 8.39. The van der Waals surface area contributed by atoms with Crippen molar-refractivity contribution in [3.8, 4) is 5.75 Å². The highest BCUT2D eigenvalue weighted by Gasteiger charge is 2.34. The molecule has 1 amide bonds. The Morgan fingerprint density at radius 1 is 1.10 bits per heavy atom. The van der Waals surface area contributed by atoms with Gasteiger partial charge in [-0.3, -0.25) is 4.79 Å². The number of amides is 1. The van der Waals surface area contributed by atoms with Crippen LogP contribution in [0.3, 0.4) is 0 Å². The van der Waals surface area contributed by atoms with Crippen LogP contribution in [0.5, 0.6) is 5.75 Å². The van der Waals surface area contributed by atoms with Gasteiger partial charge in [0.1, 0.15) is 12.4 Å². The van der Waals surface area contributed by atoms with Crippen LogP contribution < -0.4 is 10.1 Å². The summed E-state index contributed by atoms with van der Waals surface area (Å²) in [6.45, 7) is 1.27. The van der Waals surface area contributed by atoms with Gasteiger partial charge < -0.3 is 19.7 Å². The summed E-state index contributed by atoms with van der Waals surface area (Å²) in [7, 11) is 2.27. The van der Waals surface area contributed by atoms with Crippen LogP contribution in [0.1, 0.15) is 62.3 Å². The van der Waals surface area contributed by atoms with Crippen molar-refractivity contribution in [3.63, 3.8) is 0 Å². The highest BCUT2D eigenvalue weighted by Crippen LogP contribution is 2.41. The van der Waals surface area contributed by atoms with Crippen LogP contribution in [0.25, 0.3) is 0 Å². The molecule has 1 saturated heterocycles. The molecule has 10 heteroatoms. The van der Waals surface area contributed by atoms with Crippen LogP contribution in [0.4, 0.5) is 0 Å². The number of hydrogen-bond acceptors (Lipinski definition) is 7. The van der Waals surface area contributed by atoms with E-state index in [1.807, 2.05) is 11.3 Å². The first kappa shape index (κ1) is 31.0. The highest BCUT2D eigenvalue weighted by atomic mass is 32.2. The van der Waals surface area contributed by atoms with Crippen molar-refractivity contribution in [2.75, 3.05) is 47.5 Å². The van der Waals surface area contributed by atoms with Crippen LogP contribution in [-0.4, -0.2) is 77.1 Å². The van der Waals surface area contributed by atoms with Crippen LogP contribution in [-0.2, 0) is 19.6 Å². The molecule has 2 aromatic rings.